The van der Waals surface area contributed by atoms with Crippen molar-refractivity contribution in [2.45, 2.75) is 91.9 Å². The van der Waals surface area contributed by atoms with Gasteiger partial charge < -0.3 is 9.26 Å². The number of hydrogen-bond donors (Lipinski definition) is 0. The first-order valence-electron chi connectivity index (χ1n) is 13.8. The molecule has 3 saturated carbocycles. The normalized spacial score (nSPS) is 45.7. The van der Waals surface area contributed by atoms with Crippen molar-refractivity contribution in [3.05, 3.63) is 29.2 Å². The van der Waals surface area contributed by atoms with Crippen LogP contribution in [0.25, 0.3) is 0 Å². The molecule has 8 unspecified atom stereocenters. The Bertz CT molecular complexity index is 1120. The first kappa shape index (κ1) is 23.5. The largest absolute Gasteiger partial charge is 0.469 e. The van der Waals surface area contributed by atoms with E-state index in [0.717, 1.165) is 57.1 Å². The summed E-state index contributed by atoms with van der Waals surface area (Å²) in [5.41, 5.74) is 2.14. The monoisotopic (exact) mass is 479 g/mol. The quantitative estimate of drug-likeness (QED) is 0.444. The maximum atomic E-state index is 14.2. The third-order valence-electron chi connectivity index (χ3n) is 11.8. The minimum Gasteiger partial charge on any atom is -0.469 e. The van der Waals surface area contributed by atoms with Gasteiger partial charge >= 0.3 is 5.97 Å². The van der Waals surface area contributed by atoms with Crippen molar-refractivity contribution in [2.24, 2.45) is 45.3 Å². The van der Waals surface area contributed by atoms with Crippen LogP contribution < -0.4 is 0 Å². The van der Waals surface area contributed by atoms with Gasteiger partial charge in [0.2, 0.25) is 0 Å². The van der Waals surface area contributed by atoms with Gasteiger partial charge in [-0.15, -0.1) is 0 Å². The highest BCUT2D eigenvalue weighted by molar-refractivity contribution is 5.95. The number of carbonyl (C=O) groups is 2. The molecule has 35 heavy (non-hydrogen) atoms. The van der Waals surface area contributed by atoms with E-state index in [1.165, 1.54) is 18.2 Å². The van der Waals surface area contributed by atoms with E-state index in [9.17, 15) is 9.59 Å². The Hall–Kier alpha value is -1.91. The fraction of sp³-hybridized carbons (Fsp3) is 0.767. The standard InChI is InChI=1S/C30H41NO4/c1-17-19-7-9-28(4)20-8-10-30(26(33)34-6)12-11-27(2,3)15-21(30)24(20)22(32)13-23(28)29(19,5)14-18-16-31-35-25(17)18/h13,16-17,19-21,24H,7-12,14-15H2,1-6H3. The highest BCUT2D eigenvalue weighted by Crippen LogP contribution is 2.70. The van der Waals surface area contributed by atoms with Gasteiger partial charge in [0, 0.05) is 17.4 Å². The zero-order chi connectivity index (χ0) is 25.0. The summed E-state index contributed by atoms with van der Waals surface area (Å²) >= 11 is 0. The number of methoxy groups -OCH3 is 1. The Morgan fingerprint density at radius 2 is 1.77 bits per heavy atom. The molecule has 6 rings (SSSR count). The Morgan fingerprint density at radius 3 is 2.51 bits per heavy atom. The van der Waals surface area contributed by atoms with E-state index in [0.29, 0.717) is 17.8 Å². The minimum absolute atomic E-state index is 0.0118. The van der Waals surface area contributed by atoms with Crippen LogP contribution in [0.3, 0.4) is 0 Å². The number of allylic oxidation sites excluding steroid dienone is 2. The lowest BCUT2D eigenvalue weighted by molar-refractivity contribution is -0.178. The predicted molar refractivity (Wildman–Crippen MR) is 132 cm³/mol. The molecule has 0 N–H and O–H groups in total. The van der Waals surface area contributed by atoms with E-state index in [2.05, 4.69) is 45.9 Å². The van der Waals surface area contributed by atoms with Gasteiger partial charge in [-0.1, -0.05) is 45.3 Å². The molecule has 8 atom stereocenters. The van der Waals surface area contributed by atoms with Crippen LogP contribution in [0.2, 0.25) is 0 Å². The Kier molecular flexibility index (Phi) is 4.91. The highest BCUT2D eigenvalue weighted by Gasteiger charge is 2.66. The first-order valence-corrected chi connectivity index (χ1v) is 13.8. The Morgan fingerprint density at radius 1 is 1.03 bits per heavy atom. The number of fused-ring (bicyclic) bond motifs is 8. The number of ketones is 1. The molecule has 0 amide bonds. The third-order valence-corrected chi connectivity index (χ3v) is 11.8. The molecule has 5 aliphatic rings. The van der Waals surface area contributed by atoms with E-state index in [1.807, 2.05) is 6.20 Å². The second kappa shape index (κ2) is 7.32. The van der Waals surface area contributed by atoms with Crippen LogP contribution in [0, 0.1) is 45.3 Å². The van der Waals surface area contributed by atoms with Gasteiger partial charge in [-0.25, -0.2) is 0 Å². The number of hydrogen-bond acceptors (Lipinski definition) is 5. The van der Waals surface area contributed by atoms with E-state index < -0.39 is 5.41 Å². The van der Waals surface area contributed by atoms with Gasteiger partial charge in [-0.2, -0.15) is 0 Å². The van der Waals surface area contributed by atoms with Gasteiger partial charge in [0.1, 0.15) is 5.76 Å². The van der Waals surface area contributed by atoms with Gasteiger partial charge in [0.15, 0.2) is 5.78 Å². The van der Waals surface area contributed by atoms with Crippen LogP contribution in [0.1, 0.15) is 96.8 Å². The summed E-state index contributed by atoms with van der Waals surface area (Å²) in [7, 11) is 1.52. The molecule has 5 aliphatic carbocycles. The van der Waals surface area contributed by atoms with Crippen molar-refractivity contribution in [3.8, 4) is 0 Å². The average molecular weight is 480 g/mol. The highest BCUT2D eigenvalue weighted by atomic mass is 16.5. The molecule has 5 heteroatoms. The lowest BCUT2D eigenvalue weighted by Gasteiger charge is -2.64. The number of ether oxygens (including phenoxy) is 1. The maximum absolute atomic E-state index is 14.2. The number of carbonyl (C=O) groups excluding carboxylic acids is 2. The summed E-state index contributed by atoms with van der Waals surface area (Å²) in [6.07, 6.45) is 11.7. The van der Waals surface area contributed by atoms with E-state index in [1.54, 1.807) is 0 Å². The molecule has 0 spiro atoms. The van der Waals surface area contributed by atoms with Crippen LogP contribution in [0.5, 0.6) is 0 Å². The number of esters is 1. The van der Waals surface area contributed by atoms with Gasteiger partial charge in [-0.05, 0) is 91.4 Å². The summed E-state index contributed by atoms with van der Waals surface area (Å²) in [4.78, 5) is 27.5. The molecule has 190 valence electrons. The molecule has 1 heterocycles. The van der Waals surface area contributed by atoms with Gasteiger partial charge in [0.05, 0.1) is 18.7 Å². The van der Waals surface area contributed by atoms with E-state index in [-0.39, 0.29) is 39.8 Å². The Labute approximate surface area is 209 Å². The topological polar surface area (TPSA) is 69.4 Å². The summed E-state index contributed by atoms with van der Waals surface area (Å²) < 4.78 is 11.1. The molecule has 0 bridgehead atoms. The fourth-order valence-electron chi connectivity index (χ4n) is 10.1. The predicted octanol–water partition coefficient (Wildman–Crippen LogP) is 6.28. The lowest BCUT2D eigenvalue weighted by atomic mass is 9.39. The fourth-order valence-corrected chi connectivity index (χ4v) is 10.1. The molecule has 0 saturated heterocycles. The summed E-state index contributed by atoms with van der Waals surface area (Å²) in [6, 6.07) is 0. The minimum atomic E-state index is -0.499. The van der Waals surface area contributed by atoms with Crippen molar-refractivity contribution in [1.29, 1.82) is 0 Å². The lowest BCUT2D eigenvalue weighted by Crippen LogP contribution is -2.61. The molecule has 1 aromatic rings. The SMILES string of the molecule is COC(=O)C12CCC3C(C(=O)C=C4C5(C)Cc6cnoc6C(C)C5CCC43C)C1CC(C)(C)CC2. The molecular formula is C30H41NO4. The van der Waals surface area contributed by atoms with Crippen molar-refractivity contribution in [2.75, 3.05) is 7.11 Å². The van der Waals surface area contributed by atoms with Crippen LogP contribution >= 0.6 is 0 Å². The van der Waals surface area contributed by atoms with Crippen molar-refractivity contribution in [3.63, 3.8) is 0 Å². The molecule has 3 fully saturated rings. The molecule has 0 aromatic carbocycles. The number of nitrogens with zero attached hydrogens (tertiary/aromatic N) is 1. The summed E-state index contributed by atoms with van der Waals surface area (Å²) in [5.74, 6) is 2.28. The van der Waals surface area contributed by atoms with Crippen LogP contribution in [0.15, 0.2) is 22.4 Å². The first-order chi connectivity index (χ1) is 16.5. The van der Waals surface area contributed by atoms with Crippen LogP contribution in [-0.2, 0) is 20.7 Å². The zero-order valence-corrected chi connectivity index (χ0v) is 22.3. The van der Waals surface area contributed by atoms with Crippen molar-refractivity contribution >= 4 is 11.8 Å². The molecule has 0 radical (unpaired) electrons. The molecule has 5 nitrogen and oxygen atoms in total. The zero-order valence-electron chi connectivity index (χ0n) is 22.3. The molecular weight excluding hydrogens is 438 g/mol. The van der Waals surface area contributed by atoms with Crippen molar-refractivity contribution < 1.29 is 18.8 Å². The molecule has 0 aliphatic heterocycles. The van der Waals surface area contributed by atoms with Gasteiger partial charge in [0.25, 0.3) is 0 Å². The number of rotatable bonds is 1. The van der Waals surface area contributed by atoms with Crippen LogP contribution in [-0.4, -0.2) is 24.0 Å². The third kappa shape index (κ3) is 2.96. The summed E-state index contributed by atoms with van der Waals surface area (Å²) in [5, 5.41) is 4.13. The summed E-state index contributed by atoms with van der Waals surface area (Å²) in [6.45, 7) is 11.7. The average Bonchev–Trinajstić information content (AvgIpc) is 3.27. The molecule has 1 aromatic heterocycles. The van der Waals surface area contributed by atoms with E-state index >= 15 is 0 Å². The van der Waals surface area contributed by atoms with Gasteiger partial charge in [-0.3, -0.25) is 9.59 Å². The van der Waals surface area contributed by atoms with Crippen LogP contribution in [0.4, 0.5) is 0 Å². The Balaban J connectivity index is 1.46. The van der Waals surface area contributed by atoms with Crippen molar-refractivity contribution in [1.82, 2.24) is 5.16 Å². The smallest absolute Gasteiger partial charge is 0.312 e. The maximum Gasteiger partial charge on any atom is 0.312 e. The second-order valence-corrected chi connectivity index (χ2v) is 13.9. The van der Waals surface area contributed by atoms with E-state index in [4.69, 9.17) is 9.26 Å². The second-order valence-electron chi connectivity index (χ2n) is 13.9. The number of aromatic nitrogens is 1.